The van der Waals surface area contributed by atoms with Gasteiger partial charge in [0.15, 0.2) is 6.61 Å². The zero-order valence-corrected chi connectivity index (χ0v) is 30.5. The molecule has 2 N–H and O–H groups in total. The van der Waals surface area contributed by atoms with Crippen molar-refractivity contribution >= 4 is 51.6 Å². The molecule has 54 heavy (non-hydrogen) atoms. The SMILES string of the molecule is CCN(C(=O)C(C)(Cc1cn(C(=O)O)c2cccc(C(CN(C)C)OC(=O)c3ccccc3)c12)NC(=O)OCc1cc2ccccc2o1)c1ccccc1. The molecule has 0 saturated heterocycles. The molecule has 2 aromatic heterocycles. The van der Waals surface area contributed by atoms with Gasteiger partial charge in [-0.15, -0.1) is 0 Å². The quantitative estimate of drug-likeness (QED) is 0.115. The standard InChI is InChI=1S/C42H42N4O8/c1-5-45(31-18-10-7-11-19-31)39(48)42(2,43-40(49)52-27-32-23-29-17-12-13-22-35(29)53-32)24-30-25-46(41(50)51)34-21-14-20-33(37(30)34)36(26-44(3)4)54-38(47)28-15-8-6-9-16-28/h6-23,25,36H,5,24,26-27H2,1-4H3,(H,43,49)(H,50,51). The maximum absolute atomic E-state index is 14.7. The normalized spacial score (nSPS) is 13.0. The predicted octanol–water partition coefficient (Wildman–Crippen LogP) is 7.65. The molecule has 12 heteroatoms. The average molecular weight is 731 g/mol. The number of ether oxygens (including phenoxy) is 2. The van der Waals surface area contributed by atoms with E-state index in [0.29, 0.717) is 44.6 Å². The molecule has 0 radical (unpaired) electrons. The summed E-state index contributed by atoms with van der Waals surface area (Å²) in [5, 5.41) is 14.5. The Morgan fingerprint density at radius 2 is 1.59 bits per heavy atom. The number of anilines is 1. The van der Waals surface area contributed by atoms with Crippen molar-refractivity contribution < 1.29 is 38.2 Å². The monoisotopic (exact) mass is 730 g/mol. The van der Waals surface area contributed by atoms with Crippen molar-refractivity contribution in [3.63, 3.8) is 0 Å². The smallest absolute Gasteiger partial charge is 0.416 e. The van der Waals surface area contributed by atoms with E-state index in [9.17, 15) is 24.3 Å². The molecule has 12 nitrogen and oxygen atoms in total. The van der Waals surface area contributed by atoms with Crippen LogP contribution in [0.15, 0.2) is 120 Å². The second-order valence-electron chi connectivity index (χ2n) is 13.4. The van der Waals surface area contributed by atoms with Crippen molar-refractivity contribution in [3.05, 3.63) is 138 Å². The molecule has 0 aliphatic carbocycles. The summed E-state index contributed by atoms with van der Waals surface area (Å²) in [5.74, 6) is -0.579. The molecule has 2 atom stereocenters. The number of furan rings is 1. The predicted molar refractivity (Wildman–Crippen MR) is 205 cm³/mol. The van der Waals surface area contributed by atoms with E-state index in [-0.39, 0.29) is 26.1 Å². The third-order valence-electron chi connectivity index (χ3n) is 9.13. The number of amides is 2. The van der Waals surface area contributed by atoms with E-state index in [0.717, 1.165) is 9.95 Å². The molecule has 2 unspecified atom stereocenters. The molecule has 0 fully saturated rings. The first-order chi connectivity index (χ1) is 26.0. The number of carboxylic acid groups (broad SMARTS) is 1. The zero-order chi connectivity index (χ0) is 38.4. The average Bonchev–Trinajstić information content (AvgIpc) is 3.76. The van der Waals surface area contributed by atoms with E-state index in [1.165, 1.54) is 6.20 Å². The van der Waals surface area contributed by atoms with E-state index in [1.54, 1.807) is 78.6 Å². The third kappa shape index (κ3) is 8.13. The number of likely N-dealkylation sites (N-methyl/N-ethyl adjacent to an activating group) is 2. The number of carbonyl (C=O) groups is 4. The van der Waals surface area contributed by atoms with E-state index in [2.05, 4.69) is 5.32 Å². The summed E-state index contributed by atoms with van der Waals surface area (Å²) in [6.07, 6.45) is -1.67. The van der Waals surface area contributed by atoms with Gasteiger partial charge in [-0.3, -0.25) is 9.36 Å². The Balaban J connectivity index is 1.41. The van der Waals surface area contributed by atoms with Gasteiger partial charge < -0.3 is 34.1 Å². The molecular formula is C42H42N4O8. The number of para-hydroxylation sites is 2. The zero-order valence-electron chi connectivity index (χ0n) is 30.5. The van der Waals surface area contributed by atoms with Gasteiger partial charge in [0.2, 0.25) is 0 Å². The fourth-order valence-electron chi connectivity index (χ4n) is 6.67. The molecule has 2 amide bonds. The highest BCUT2D eigenvalue weighted by Crippen LogP contribution is 2.35. The van der Waals surface area contributed by atoms with Crippen molar-refractivity contribution in [3.8, 4) is 0 Å². The number of nitrogens with one attached hydrogen (secondary N) is 1. The number of carbonyl (C=O) groups excluding carboxylic acids is 3. The van der Waals surface area contributed by atoms with Crippen LogP contribution in [0.2, 0.25) is 0 Å². The van der Waals surface area contributed by atoms with Crippen LogP contribution in [0.25, 0.3) is 21.9 Å². The van der Waals surface area contributed by atoms with Crippen LogP contribution < -0.4 is 10.2 Å². The van der Waals surface area contributed by atoms with Crippen molar-refractivity contribution in [2.24, 2.45) is 0 Å². The summed E-state index contributed by atoms with van der Waals surface area (Å²) >= 11 is 0. The van der Waals surface area contributed by atoms with Crippen LogP contribution in [0.5, 0.6) is 0 Å². The Labute approximate surface area is 312 Å². The number of alkyl carbamates (subject to hydrolysis) is 1. The minimum absolute atomic E-state index is 0.149. The van der Waals surface area contributed by atoms with E-state index < -0.39 is 35.7 Å². The van der Waals surface area contributed by atoms with Gasteiger partial charge in [0.05, 0.1) is 11.1 Å². The van der Waals surface area contributed by atoms with Crippen molar-refractivity contribution in [1.29, 1.82) is 0 Å². The van der Waals surface area contributed by atoms with Crippen LogP contribution in [0.1, 0.15) is 47.2 Å². The van der Waals surface area contributed by atoms with Gasteiger partial charge >= 0.3 is 18.2 Å². The summed E-state index contributed by atoms with van der Waals surface area (Å²) in [4.78, 5) is 57.8. The van der Waals surface area contributed by atoms with Crippen LogP contribution >= 0.6 is 0 Å². The van der Waals surface area contributed by atoms with Crippen LogP contribution in [-0.2, 0) is 27.3 Å². The summed E-state index contributed by atoms with van der Waals surface area (Å²) in [6.45, 7) is 3.77. The fourth-order valence-corrected chi connectivity index (χ4v) is 6.67. The molecule has 4 aromatic carbocycles. The molecule has 6 rings (SSSR count). The number of hydrogen-bond donors (Lipinski definition) is 2. The lowest BCUT2D eigenvalue weighted by Crippen LogP contribution is -2.59. The second-order valence-corrected chi connectivity index (χ2v) is 13.4. The highest BCUT2D eigenvalue weighted by molar-refractivity contribution is 6.03. The summed E-state index contributed by atoms with van der Waals surface area (Å²) < 4.78 is 18.6. The number of aromatic nitrogens is 1. The number of benzene rings is 4. The number of fused-ring (bicyclic) bond motifs is 2. The van der Waals surface area contributed by atoms with Crippen LogP contribution in [-0.4, -0.2) is 71.4 Å². The van der Waals surface area contributed by atoms with Gasteiger partial charge in [0.25, 0.3) is 5.91 Å². The summed E-state index contributed by atoms with van der Waals surface area (Å²) in [6, 6.07) is 32.0. The number of esters is 1. The molecule has 6 aromatic rings. The van der Waals surface area contributed by atoms with Crippen molar-refractivity contribution in [2.75, 3.05) is 32.1 Å². The lowest BCUT2D eigenvalue weighted by molar-refractivity contribution is -0.124. The molecule has 0 aliphatic heterocycles. The summed E-state index contributed by atoms with van der Waals surface area (Å²) in [5.41, 5.74) is 1.25. The molecule has 0 aliphatic rings. The minimum Gasteiger partial charge on any atom is -0.464 e. The van der Waals surface area contributed by atoms with Gasteiger partial charge in [-0.1, -0.05) is 66.7 Å². The van der Waals surface area contributed by atoms with E-state index in [1.807, 2.05) is 68.4 Å². The maximum atomic E-state index is 14.7. The molecule has 278 valence electrons. The Kier molecular flexibility index (Phi) is 11.1. The van der Waals surface area contributed by atoms with Crippen molar-refractivity contribution in [2.45, 2.75) is 38.5 Å². The van der Waals surface area contributed by atoms with E-state index >= 15 is 0 Å². The number of rotatable bonds is 13. The van der Waals surface area contributed by atoms with Crippen LogP contribution in [0.3, 0.4) is 0 Å². The van der Waals surface area contributed by atoms with Gasteiger partial charge in [0.1, 0.15) is 23.0 Å². The highest BCUT2D eigenvalue weighted by atomic mass is 16.6. The lowest BCUT2D eigenvalue weighted by Gasteiger charge is -2.35. The second kappa shape index (κ2) is 16.1. The third-order valence-corrected chi connectivity index (χ3v) is 9.13. The Bertz CT molecular complexity index is 2250. The number of nitrogens with zero attached hydrogens (tertiary/aromatic N) is 3. The topological polar surface area (TPSA) is 144 Å². The molecule has 2 heterocycles. The summed E-state index contributed by atoms with van der Waals surface area (Å²) in [7, 11) is 3.68. The lowest BCUT2D eigenvalue weighted by atomic mass is 9.89. The molecule has 0 saturated carbocycles. The Morgan fingerprint density at radius 1 is 0.907 bits per heavy atom. The minimum atomic E-state index is -1.67. The first-order valence-electron chi connectivity index (χ1n) is 17.5. The van der Waals surface area contributed by atoms with E-state index in [4.69, 9.17) is 13.9 Å². The fraction of sp³-hybridized carbons (Fsp3) is 0.238. The maximum Gasteiger partial charge on any atom is 0.416 e. The number of hydrogen-bond acceptors (Lipinski definition) is 8. The van der Waals surface area contributed by atoms with Gasteiger partial charge in [0, 0.05) is 47.7 Å². The molecule has 0 spiro atoms. The molecular weight excluding hydrogens is 688 g/mol. The molecule has 0 bridgehead atoms. The van der Waals surface area contributed by atoms with Gasteiger partial charge in [-0.25, -0.2) is 14.4 Å². The first kappa shape index (κ1) is 37.4. The van der Waals surface area contributed by atoms with Gasteiger partial charge in [-0.2, -0.15) is 0 Å². The Morgan fingerprint density at radius 3 is 2.26 bits per heavy atom. The highest BCUT2D eigenvalue weighted by Gasteiger charge is 2.41. The Hall–Kier alpha value is -6.40. The van der Waals surface area contributed by atoms with Crippen LogP contribution in [0, 0.1) is 0 Å². The largest absolute Gasteiger partial charge is 0.464 e. The van der Waals surface area contributed by atoms with Gasteiger partial charge in [-0.05, 0) is 76.0 Å². The first-order valence-corrected chi connectivity index (χ1v) is 17.5. The van der Waals surface area contributed by atoms with Crippen molar-refractivity contribution in [1.82, 2.24) is 14.8 Å². The van der Waals surface area contributed by atoms with Crippen LogP contribution in [0.4, 0.5) is 15.3 Å².